The molecule has 2 atom stereocenters. The van der Waals surface area contributed by atoms with Gasteiger partial charge in [-0.05, 0) is 24.6 Å². The first kappa shape index (κ1) is 19.2. The zero-order valence-corrected chi connectivity index (χ0v) is 15.5. The van der Waals surface area contributed by atoms with E-state index in [2.05, 4.69) is 0 Å². The molecule has 0 bridgehead atoms. The second-order valence-electron chi connectivity index (χ2n) is 6.94. The summed E-state index contributed by atoms with van der Waals surface area (Å²) < 4.78 is 10.7. The quantitative estimate of drug-likeness (QED) is 0.825. The number of anilines is 1. The van der Waals surface area contributed by atoms with Crippen molar-refractivity contribution in [1.29, 1.82) is 0 Å². The average Bonchev–Trinajstić information content (AvgIpc) is 3.02. The zero-order valence-electron chi connectivity index (χ0n) is 15.5. The highest BCUT2D eigenvalue weighted by molar-refractivity contribution is 6.01. The van der Waals surface area contributed by atoms with Crippen molar-refractivity contribution in [2.75, 3.05) is 38.3 Å². The summed E-state index contributed by atoms with van der Waals surface area (Å²) in [7, 11) is 1.54. The summed E-state index contributed by atoms with van der Waals surface area (Å²) in [5.74, 6) is -1.22. The molecule has 27 heavy (non-hydrogen) atoms. The molecule has 146 valence electrons. The Morgan fingerprint density at radius 3 is 2.85 bits per heavy atom. The number of nitrogens with zero attached hydrogens (tertiary/aromatic N) is 2. The number of carboxylic acids is 1. The zero-order chi connectivity index (χ0) is 19.6. The number of carbonyl (C=O) groups excluding carboxylic acids is 2. The van der Waals surface area contributed by atoms with Gasteiger partial charge >= 0.3 is 5.97 Å². The van der Waals surface area contributed by atoms with Crippen LogP contribution in [0.5, 0.6) is 5.75 Å². The van der Waals surface area contributed by atoms with Gasteiger partial charge in [0.1, 0.15) is 5.75 Å². The van der Waals surface area contributed by atoms with Crippen molar-refractivity contribution in [2.24, 2.45) is 5.92 Å². The van der Waals surface area contributed by atoms with Crippen molar-refractivity contribution < 1.29 is 29.0 Å². The van der Waals surface area contributed by atoms with Crippen LogP contribution >= 0.6 is 0 Å². The predicted octanol–water partition coefficient (Wildman–Crippen LogP) is 1.06. The Bertz CT molecular complexity index is 750. The maximum atomic E-state index is 13.0. The lowest BCUT2D eigenvalue weighted by Gasteiger charge is -2.36. The number of aryl methyl sites for hydroxylation is 1. The molecule has 2 fully saturated rings. The number of hydrogen-bond donors (Lipinski definition) is 1. The third kappa shape index (κ3) is 4.05. The van der Waals surface area contributed by atoms with E-state index in [9.17, 15) is 14.4 Å². The largest absolute Gasteiger partial charge is 0.495 e. The number of carboxylic acid groups (broad SMARTS) is 1. The number of rotatable bonds is 5. The fourth-order valence-corrected chi connectivity index (χ4v) is 3.67. The minimum atomic E-state index is -0.975. The van der Waals surface area contributed by atoms with E-state index in [1.165, 1.54) is 0 Å². The van der Waals surface area contributed by atoms with Gasteiger partial charge in [0.15, 0.2) is 0 Å². The van der Waals surface area contributed by atoms with Crippen LogP contribution < -0.4 is 9.64 Å². The molecule has 2 saturated heterocycles. The molecule has 3 rings (SSSR count). The minimum absolute atomic E-state index is 0.104. The number of amides is 2. The van der Waals surface area contributed by atoms with Gasteiger partial charge in [0.05, 0.1) is 44.4 Å². The molecule has 1 aromatic rings. The van der Waals surface area contributed by atoms with Crippen molar-refractivity contribution in [3.63, 3.8) is 0 Å². The third-order valence-corrected chi connectivity index (χ3v) is 5.02. The van der Waals surface area contributed by atoms with Gasteiger partial charge in [0, 0.05) is 19.5 Å². The fourth-order valence-electron chi connectivity index (χ4n) is 3.67. The Morgan fingerprint density at radius 2 is 2.15 bits per heavy atom. The van der Waals surface area contributed by atoms with Crippen LogP contribution in [0.1, 0.15) is 18.4 Å². The Kier molecular flexibility index (Phi) is 5.65. The van der Waals surface area contributed by atoms with Crippen LogP contribution in [-0.2, 0) is 19.1 Å². The summed E-state index contributed by atoms with van der Waals surface area (Å²) >= 11 is 0. The molecule has 2 aliphatic rings. The average molecular weight is 376 g/mol. The number of carbonyl (C=O) groups is 3. The van der Waals surface area contributed by atoms with Crippen molar-refractivity contribution >= 4 is 23.5 Å². The standard InChI is InChI=1S/C19H24N2O6/c1-12-3-4-16(26-2)15(7-12)21-10-13(8-17(21)22)19(25)20-5-6-27-11-14(20)9-18(23)24/h3-4,7,13-14H,5-6,8-11H2,1-2H3,(H,23,24). The number of aliphatic carboxylic acids is 1. The molecular formula is C19H24N2O6. The fraction of sp³-hybridized carbons (Fsp3) is 0.526. The van der Waals surface area contributed by atoms with Crippen LogP contribution in [-0.4, -0.2) is 67.2 Å². The number of morpholine rings is 1. The first-order valence-electron chi connectivity index (χ1n) is 8.95. The Labute approximate surface area is 157 Å². The van der Waals surface area contributed by atoms with E-state index in [4.69, 9.17) is 14.6 Å². The number of benzene rings is 1. The van der Waals surface area contributed by atoms with Gasteiger partial charge in [0.25, 0.3) is 0 Å². The van der Waals surface area contributed by atoms with Crippen LogP contribution in [0.4, 0.5) is 5.69 Å². The lowest BCUT2D eigenvalue weighted by Crippen LogP contribution is -2.51. The van der Waals surface area contributed by atoms with Crippen LogP contribution in [0, 0.1) is 12.8 Å². The molecule has 0 radical (unpaired) electrons. The van der Waals surface area contributed by atoms with Crippen molar-refractivity contribution in [3.8, 4) is 5.75 Å². The van der Waals surface area contributed by atoms with Crippen LogP contribution in [0.25, 0.3) is 0 Å². The lowest BCUT2D eigenvalue weighted by molar-refractivity contribution is -0.149. The van der Waals surface area contributed by atoms with E-state index in [1.54, 1.807) is 23.0 Å². The maximum Gasteiger partial charge on any atom is 0.305 e. The van der Waals surface area contributed by atoms with Gasteiger partial charge in [-0.1, -0.05) is 6.07 Å². The highest BCUT2D eigenvalue weighted by atomic mass is 16.5. The smallest absolute Gasteiger partial charge is 0.305 e. The van der Waals surface area contributed by atoms with Crippen LogP contribution in [0.2, 0.25) is 0 Å². The highest BCUT2D eigenvalue weighted by Gasteiger charge is 2.40. The molecule has 0 aliphatic carbocycles. The van der Waals surface area contributed by atoms with E-state index < -0.39 is 17.9 Å². The first-order valence-corrected chi connectivity index (χ1v) is 8.95. The molecule has 0 spiro atoms. The van der Waals surface area contributed by atoms with E-state index in [0.717, 1.165) is 5.56 Å². The summed E-state index contributed by atoms with van der Waals surface area (Å²) in [6.45, 7) is 3.10. The molecule has 1 aromatic carbocycles. The topological polar surface area (TPSA) is 96.4 Å². The molecule has 2 unspecified atom stereocenters. The summed E-state index contributed by atoms with van der Waals surface area (Å²) in [6, 6.07) is 5.07. The molecule has 2 heterocycles. The maximum absolute atomic E-state index is 13.0. The highest BCUT2D eigenvalue weighted by Crippen LogP contribution is 2.34. The lowest BCUT2D eigenvalue weighted by atomic mass is 10.0. The van der Waals surface area contributed by atoms with Gasteiger partial charge in [-0.15, -0.1) is 0 Å². The summed E-state index contributed by atoms with van der Waals surface area (Å²) in [4.78, 5) is 39.8. The predicted molar refractivity (Wildman–Crippen MR) is 96.8 cm³/mol. The molecule has 2 amide bonds. The second kappa shape index (κ2) is 7.96. The van der Waals surface area contributed by atoms with Crippen molar-refractivity contribution in [3.05, 3.63) is 23.8 Å². The molecular weight excluding hydrogens is 352 g/mol. The molecule has 8 nitrogen and oxygen atoms in total. The van der Waals surface area contributed by atoms with E-state index in [0.29, 0.717) is 24.6 Å². The summed E-state index contributed by atoms with van der Waals surface area (Å²) in [5, 5.41) is 9.08. The molecule has 8 heteroatoms. The monoisotopic (exact) mass is 376 g/mol. The molecule has 0 aromatic heterocycles. The van der Waals surface area contributed by atoms with Crippen molar-refractivity contribution in [2.45, 2.75) is 25.8 Å². The first-order chi connectivity index (χ1) is 12.9. The van der Waals surface area contributed by atoms with E-state index in [-0.39, 0.29) is 37.8 Å². The normalized spacial score (nSPS) is 22.8. The number of ether oxygens (including phenoxy) is 2. The van der Waals surface area contributed by atoms with E-state index in [1.807, 2.05) is 19.1 Å². The summed E-state index contributed by atoms with van der Waals surface area (Å²) in [5.41, 5.74) is 1.64. The minimum Gasteiger partial charge on any atom is -0.495 e. The third-order valence-electron chi connectivity index (χ3n) is 5.02. The summed E-state index contributed by atoms with van der Waals surface area (Å²) in [6.07, 6.45) is -0.0606. The van der Waals surface area contributed by atoms with Crippen molar-refractivity contribution in [1.82, 2.24) is 4.90 Å². The molecule has 1 N–H and O–H groups in total. The SMILES string of the molecule is COc1ccc(C)cc1N1CC(C(=O)N2CCOCC2CC(=O)O)CC1=O. The molecule has 2 aliphatic heterocycles. The van der Waals surface area contributed by atoms with Gasteiger partial charge < -0.3 is 24.4 Å². The van der Waals surface area contributed by atoms with Gasteiger partial charge in [-0.2, -0.15) is 0 Å². The van der Waals surface area contributed by atoms with Gasteiger partial charge in [-0.3, -0.25) is 14.4 Å². The van der Waals surface area contributed by atoms with Crippen LogP contribution in [0.3, 0.4) is 0 Å². The number of hydrogen-bond acceptors (Lipinski definition) is 5. The molecule has 0 saturated carbocycles. The Balaban J connectivity index is 1.77. The Morgan fingerprint density at radius 1 is 1.37 bits per heavy atom. The Hall–Kier alpha value is -2.61. The second-order valence-corrected chi connectivity index (χ2v) is 6.94. The number of methoxy groups -OCH3 is 1. The van der Waals surface area contributed by atoms with E-state index >= 15 is 0 Å². The van der Waals surface area contributed by atoms with Crippen LogP contribution in [0.15, 0.2) is 18.2 Å². The van der Waals surface area contributed by atoms with Gasteiger partial charge in [-0.25, -0.2) is 0 Å². The van der Waals surface area contributed by atoms with Gasteiger partial charge in [0.2, 0.25) is 11.8 Å².